The van der Waals surface area contributed by atoms with E-state index >= 15 is 0 Å². The van der Waals surface area contributed by atoms with Gasteiger partial charge in [-0.3, -0.25) is 18.9 Å². The van der Waals surface area contributed by atoms with E-state index in [0.29, 0.717) is 0 Å². The molecule has 0 bridgehead atoms. The number of ether oxygens (including phenoxy) is 1. The second kappa shape index (κ2) is 10.5. The maximum absolute atomic E-state index is 12.3. The Kier molecular flexibility index (Phi) is 9.90. The van der Waals surface area contributed by atoms with E-state index in [1.165, 1.54) is 0 Å². The van der Waals surface area contributed by atoms with E-state index < -0.39 is 52.4 Å². The monoisotopic (exact) mass is 487 g/mol. The van der Waals surface area contributed by atoms with Gasteiger partial charge in [0.2, 0.25) is 5.95 Å². The molecule has 5 atom stereocenters. The predicted molar refractivity (Wildman–Crippen MR) is 83.0 cm³/mol. The minimum atomic E-state index is -5.35. The van der Waals surface area contributed by atoms with Crippen LogP contribution in [0.3, 0.4) is 0 Å². The molecular formula is C10H13N5Na2O11P2. The number of anilines is 1. The Morgan fingerprint density at radius 3 is 2.50 bits per heavy atom. The van der Waals surface area contributed by atoms with Gasteiger partial charge in [-0.25, -0.2) is 14.1 Å². The van der Waals surface area contributed by atoms with Crippen molar-refractivity contribution >= 4 is 32.8 Å². The van der Waals surface area contributed by atoms with Crippen LogP contribution in [-0.4, -0.2) is 59.1 Å². The molecule has 3 heterocycles. The molecule has 2 aromatic heterocycles. The number of aromatic amines is 1. The summed E-state index contributed by atoms with van der Waals surface area (Å²) in [5, 5.41) is 24.4. The Balaban J connectivity index is 0.00000225. The van der Waals surface area contributed by atoms with Gasteiger partial charge in [0, 0.05) is 0 Å². The van der Waals surface area contributed by atoms with Crippen LogP contribution >= 0.6 is 15.6 Å². The minimum absolute atomic E-state index is 0. The van der Waals surface area contributed by atoms with Gasteiger partial charge in [-0.1, -0.05) is 6.10 Å². The van der Waals surface area contributed by atoms with Gasteiger partial charge < -0.3 is 35.4 Å². The largest absolute Gasteiger partial charge is 1.00 e. The molecule has 1 aliphatic heterocycles. The summed E-state index contributed by atoms with van der Waals surface area (Å²) in [7, 11) is -10.6. The summed E-state index contributed by atoms with van der Waals surface area (Å²) in [6, 6.07) is 0. The molecule has 156 valence electrons. The third-order valence-corrected chi connectivity index (χ3v) is 5.77. The molecule has 20 heteroatoms. The van der Waals surface area contributed by atoms with Crippen molar-refractivity contribution in [1.29, 1.82) is 0 Å². The van der Waals surface area contributed by atoms with Gasteiger partial charge in [-0.2, -0.15) is 9.29 Å². The normalized spacial score (nSPS) is 26.0. The van der Waals surface area contributed by atoms with E-state index in [0.717, 1.165) is 10.9 Å². The van der Waals surface area contributed by atoms with Crippen molar-refractivity contribution in [3.05, 3.63) is 16.7 Å². The number of fused-ring (bicyclic) bond motifs is 1. The Labute approximate surface area is 211 Å². The molecule has 0 aliphatic carbocycles. The van der Waals surface area contributed by atoms with E-state index in [2.05, 4.69) is 23.8 Å². The molecule has 3 rings (SSSR count). The topological polar surface area (TPSA) is 258 Å². The third kappa shape index (κ3) is 6.42. The number of nitrogens with one attached hydrogen (secondary N) is 1. The number of hydrogen-bond donors (Lipinski definition) is 5. The number of H-pyrrole nitrogens is 1. The van der Waals surface area contributed by atoms with E-state index in [1.54, 1.807) is 0 Å². The van der Waals surface area contributed by atoms with Crippen LogP contribution < -0.4 is 80.6 Å². The van der Waals surface area contributed by atoms with Crippen LogP contribution in [0.2, 0.25) is 0 Å². The maximum atomic E-state index is 12.3. The fourth-order valence-electron chi connectivity index (χ4n) is 2.52. The first-order chi connectivity index (χ1) is 12.9. The molecule has 1 unspecified atom stereocenters. The molecule has 0 saturated carbocycles. The van der Waals surface area contributed by atoms with Crippen LogP contribution in [0.25, 0.3) is 11.2 Å². The Morgan fingerprint density at radius 2 is 1.90 bits per heavy atom. The third-order valence-electron chi connectivity index (χ3n) is 3.62. The summed E-state index contributed by atoms with van der Waals surface area (Å²) in [5.74, 6) is -0.269. The number of nitrogens with zero attached hydrogens (tertiary/aromatic N) is 3. The van der Waals surface area contributed by atoms with Crippen LogP contribution in [0.15, 0.2) is 11.1 Å². The van der Waals surface area contributed by atoms with Gasteiger partial charge in [0.1, 0.15) is 6.23 Å². The molecule has 6 N–H and O–H groups in total. The Morgan fingerprint density at radius 1 is 1.27 bits per heavy atom. The summed E-state index contributed by atoms with van der Waals surface area (Å²) in [4.78, 5) is 47.9. The van der Waals surface area contributed by atoms with Crippen LogP contribution in [-0.2, 0) is 22.7 Å². The van der Waals surface area contributed by atoms with E-state index in [4.69, 9.17) is 20.3 Å². The maximum Gasteiger partial charge on any atom is 1.00 e. The molecule has 0 amide bonds. The first-order valence-electron chi connectivity index (χ1n) is 7.31. The van der Waals surface area contributed by atoms with Crippen LogP contribution in [0, 0.1) is 0 Å². The van der Waals surface area contributed by atoms with Gasteiger partial charge in [-0.15, -0.1) is 6.10 Å². The summed E-state index contributed by atoms with van der Waals surface area (Å²) in [6.07, 6.45) is -6.02. The Hall–Kier alpha value is 0.290. The number of nitrogens with two attached hydrogens (primary N) is 1. The van der Waals surface area contributed by atoms with Crippen molar-refractivity contribution in [2.45, 2.75) is 24.5 Å². The first kappa shape index (κ1) is 28.3. The van der Waals surface area contributed by atoms with Gasteiger partial charge in [0.25, 0.3) is 5.56 Å². The fraction of sp³-hybridized carbons (Fsp3) is 0.500. The fourth-order valence-corrected chi connectivity index (χ4v) is 4.12. The van der Waals surface area contributed by atoms with Crippen molar-refractivity contribution in [3.63, 3.8) is 0 Å². The molecule has 1 fully saturated rings. The second-order valence-electron chi connectivity index (χ2n) is 5.61. The van der Waals surface area contributed by atoms with Crippen molar-refractivity contribution in [3.8, 4) is 0 Å². The van der Waals surface area contributed by atoms with Crippen molar-refractivity contribution in [2.24, 2.45) is 0 Å². The zero-order valence-corrected chi connectivity index (χ0v) is 21.3. The number of imidazole rings is 1. The molecule has 0 spiro atoms. The molecule has 1 saturated heterocycles. The average Bonchev–Trinajstić information content (AvgIpc) is 3.06. The summed E-state index contributed by atoms with van der Waals surface area (Å²) >= 11 is 0. The average molecular weight is 487 g/mol. The molecule has 30 heavy (non-hydrogen) atoms. The number of aromatic nitrogens is 4. The number of phosphoric acid groups is 2. The number of rotatable bonds is 6. The van der Waals surface area contributed by atoms with Crippen molar-refractivity contribution in [1.82, 2.24) is 19.5 Å². The van der Waals surface area contributed by atoms with E-state index in [1.807, 2.05) is 0 Å². The molecule has 0 aromatic carbocycles. The summed E-state index contributed by atoms with van der Waals surface area (Å²) in [6.45, 7) is -0.972. The SMILES string of the molecule is Nc1nc2c(ncn2[C@@H]2O[C@H](COP(=O)(O)OP(=O)(O)O)[C@@H]([O-])[C@H]2[O-])c(=O)[nH]1.[Na+].[Na+]. The summed E-state index contributed by atoms with van der Waals surface area (Å²) < 4.78 is 36.2. The quantitative estimate of drug-likeness (QED) is 0.187. The molecule has 16 nitrogen and oxygen atoms in total. The molecule has 0 radical (unpaired) electrons. The van der Waals surface area contributed by atoms with E-state index in [9.17, 15) is 29.0 Å². The zero-order chi connectivity index (χ0) is 20.9. The summed E-state index contributed by atoms with van der Waals surface area (Å²) in [5.41, 5.74) is 4.47. The smallest absolute Gasteiger partial charge is 0.851 e. The molecule has 1 aliphatic rings. The van der Waals surface area contributed by atoms with Gasteiger partial charge in [-0.05, 0) is 0 Å². The number of nitrogen functional groups attached to an aromatic ring is 1. The molecular weight excluding hydrogens is 474 g/mol. The van der Waals surface area contributed by atoms with Gasteiger partial charge in [0.05, 0.1) is 19.0 Å². The minimum Gasteiger partial charge on any atom is -0.851 e. The van der Waals surface area contributed by atoms with Crippen molar-refractivity contribution in [2.75, 3.05) is 12.3 Å². The van der Waals surface area contributed by atoms with E-state index in [-0.39, 0.29) is 76.2 Å². The van der Waals surface area contributed by atoms with Gasteiger partial charge >= 0.3 is 74.8 Å². The van der Waals surface area contributed by atoms with Crippen LogP contribution in [0.5, 0.6) is 0 Å². The standard InChI is InChI=1S/C10H13N5O11P2.2Na/c11-10-13-7-4(8(18)14-10)12-2-15(7)9-6(17)5(16)3(25-9)1-24-28(22,23)26-27(19,20)21;;/h2-3,5-6,9H,1H2,(H,22,23)(H2,19,20,21)(H3,11,13,14,18);;/q-2;2*+1/t3-,5-,6-,9-;;/m1../s1. The van der Waals surface area contributed by atoms with Crippen LogP contribution in [0.4, 0.5) is 5.95 Å². The van der Waals surface area contributed by atoms with Crippen LogP contribution in [0.1, 0.15) is 6.23 Å². The first-order valence-corrected chi connectivity index (χ1v) is 10.3. The molecule has 2 aromatic rings. The zero-order valence-electron chi connectivity index (χ0n) is 15.5. The number of phosphoric ester groups is 1. The predicted octanol–water partition coefficient (Wildman–Crippen LogP) is -9.71. The van der Waals surface area contributed by atoms with Gasteiger partial charge in [0.15, 0.2) is 11.2 Å². The number of hydrogen-bond acceptors (Lipinski definition) is 11. The Bertz CT molecular complexity index is 1040. The van der Waals surface area contributed by atoms with Crippen molar-refractivity contribution < 1.29 is 107 Å². The second-order valence-corrected chi connectivity index (χ2v) is 8.44.